The minimum absolute atomic E-state index is 0.0337. The first-order chi connectivity index (χ1) is 6.77. The maximum absolute atomic E-state index is 9.08. The van der Waals surface area contributed by atoms with Gasteiger partial charge in [-0.3, -0.25) is 0 Å². The number of H-pyrrole nitrogens is 1. The van der Waals surface area contributed by atoms with Crippen LogP contribution in [-0.2, 0) is 0 Å². The van der Waals surface area contributed by atoms with Gasteiger partial charge in [0, 0.05) is 0 Å². The molecule has 0 bridgehead atoms. The lowest BCUT2D eigenvalue weighted by atomic mass is 10.1. The fourth-order valence-electron chi connectivity index (χ4n) is 1.30. The average molecular weight is 189 g/mol. The number of benzene rings is 1. The van der Waals surface area contributed by atoms with E-state index in [4.69, 9.17) is 10.8 Å². The average Bonchev–Trinajstić information content (AvgIpc) is 2.65. The number of aromatic hydroxyl groups is 1. The Morgan fingerprint density at radius 2 is 2.00 bits per heavy atom. The van der Waals surface area contributed by atoms with Crippen LogP contribution in [0.15, 0.2) is 36.5 Å². The van der Waals surface area contributed by atoms with Crippen molar-refractivity contribution in [2.24, 2.45) is 5.73 Å². The molecule has 2 rings (SSSR count). The molecule has 1 heterocycles. The standard InChI is InChI=1S/C10H11N3O/c11-9(7-4-2-1-3-5-7)10-12-6-8(14)13-10/h1-6,9,14H,11H2,(H,12,13). The third kappa shape index (κ3) is 1.60. The molecule has 2 aromatic rings. The Morgan fingerprint density at radius 1 is 1.29 bits per heavy atom. The van der Waals surface area contributed by atoms with Crippen LogP contribution >= 0.6 is 0 Å². The van der Waals surface area contributed by atoms with Crippen molar-refractivity contribution in [2.75, 3.05) is 0 Å². The Morgan fingerprint density at radius 3 is 2.57 bits per heavy atom. The molecular weight excluding hydrogens is 178 g/mol. The van der Waals surface area contributed by atoms with Gasteiger partial charge >= 0.3 is 0 Å². The molecule has 4 N–H and O–H groups in total. The van der Waals surface area contributed by atoms with Crippen LogP contribution in [0.5, 0.6) is 5.88 Å². The number of hydrogen-bond acceptors (Lipinski definition) is 3. The summed E-state index contributed by atoms with van der Waals surface area (Å²) in [5.74, 6) is 0.597. The Balaban J connectivity index is 2.29. The van der Waals surface area contributed by atoms with Gasteiger partial charge in [-0.15, -0.1) is 0 Å². The number of nitrogens with two attached hydrogens (primary N) is 1. The largest absolute Gasteiger partial charge is 0.493 e. The molecule has 14 heavy (non-hydrogen) atoms. The summed E-state index contributed by atoms with van der Waals surface area (Å²) < 4.78 is 0. The van der Waals surface area contributed by atoms with Crippen LogP contribution in [0.4, 0.5) is 0 Å². The molecule has 0 saturated heterocycles. The van der Waals surface area contributed by atoms with Crippen LogP contribution in [-0.4, -0.2) is 15.1 Å². The predicted octanol–water partition coefficient (Wildman–Crippen LogP) is 1.16. The van der Waals surface area contributed by atoms with E-state index in [1.54, 1.807) is 0 Å². The van der Waals surface area contributed by atoms with Crippen molar-refractivity contribution in [3.63, 3.8) is 0 Å². The molecule has 0 radical (unpaired) electrons. The predicted molar refractivity (Wildman–Crippen MR) is 52.7 cm³/mol. The number of aromatic nitrogens is 2. The lowest BCUT2D eigenvalue weighted by Gasteiger charge is -2.07. The highest BCUT2D eigenvalue weighted by molar-refractivity contribution is 5.25. The molecule has 1 aromatic carbocycles. The Hall–Kier alpha value is -1.81. The van der Waals surface area contributed by atoms with E-state index in [9.17, 15) is 0 Å². The lowest BCUT2D eigenvalue weighted by molar-refractivity contribution is 0.455. The number of nitrogens with zero attached hydrogens (tertiary/aromatic N) is 1. The van der Waals surface area contributed by atoms with E-state index in [0.717, 1.165) is 5.56 Å². The molecule has 72 valence electrons. The van der Waals surface area contributed by atoms with Gasteiger partial charge in [-0.25, -0.2) is 4.98 Å². The van der Waals surface area contributed by atoms with Gasteiger partial charge in [0.05, 0.1) is 12.2 Å². The number of aromatic amines is 1. The van der Waals surface area contributed by atoms with Crippen molar-refractivity contribution in [3.8, 4) is 5.88 Å². The normalized spacial score (nSPS) is 12.6. The second kappa shape index (κ2) is 3.51. The highest BCUT2D eigenvalue weighted by Gasteiger charge is 2.11. The van der Waals surface area contributed by atoms with Crippen molar-refractivity contribution in [3.05, 3.63) is 47.9 Å². The number of rotatable bonds is 2. The van der Waals surface area contributed by atoms with Crippen LogP contribution in [0.25, 0.3) is 0 Å². The molecule has 0 aliphatic carbocycles. The molecular formula is C10H11N3O. The van der Waals surface area contributed by atoms with Crippen molar-refractivity contribution >= 4 is 0 Å². The first kappa shape index (κ1) is 8.77. The summed E-state index contributed by atoms with van der Waals surface area (Å²) in [6, 6.07) is 9.28. The summed E-state index contributed by atoms with van der Waals surface area (Å²) in [7, 11) is 0. The van der Waals surface area contributed by atoms with Crippen molar-refractivity contribution in [1.29, 1.82) is 0 Å². The zero-order valence-electron chi connectivity index (χ0n) is 7.51. The van der Waals surface area contributed by atoms with Gasteiger partial charge in [0.2, 0.25) is 5.88 Å². The Labute approximate surface area is 81.4 Å². The molecule has 0 fully saturated rings. The Kier molecular flexibility index (Phi) is 2.20. The number of imidazole rings is 1. The van der Waals surface area contributed by atoms with Crippen molar-refractivity contribution < 1.29 is 5.11 Å². The van der Waals surface area contributed by atoms with Gasteiger partial charge in [0.1, 0.15) is 5.82 Å². The van der Waals surface area contributed by atoms with E-state index in [0.29, 0.717) is 5.82 Å². The topological polar surface area (TPSA) is 74.9 Å². The molecule has 0 saturated carbocycles. The monoisotopic (exact) mass is 189 g/mol. The third-order valence-electron chi connectivity index (χ3n) is 2.04. The summed E-state index contributed by atoms with van der Waals surface area (Å²) in [5, 5.41) is 9.08. The minimum Gasteiger partial charge on any atom is -0.493 e. The van der Waals surface area contributed by atoms with Crippen molar-refractivity contribution in [1.82, 2.24) is 9.97 Å². The van der Waals surface area contributed by atoms with E-state index in [1.165, 1.54) is 6.20 Å². The second-order valence-corrected chi connectivity index (χ2v) is 3.04. The van der Waals surface area contributed by atoms with E-state index >= 15 is 0 Å². The SMILES string of the molecule is NC(c1ccccc1)c1ncc(O)[nH]1. The van der Waals surface area contributed by atoms with E-state index in [1.807, 2.05) is 30.3 Å². The fourth-order valence-corrected chi connectivity index (χ4v) is 1.30. The zero-order valence-corrected chi connectivity index (χ0v) is 7.51. The molecule has 1 aromatic heterocycles. The van der Waals surface area contributed by atoms with E-state index in [2.05, 4.69) is 9.97 Å². The highest BCUT2D eigenvalue weighted by atomic mass is 16.3. The molecule has 1 atom stereocenters. The van der Waals surface area contributed by atoms with Gasteiger partial charge in [-0.2, -0.15) is 0 Å². The molecule has 4 nitrogen and oxygen atoms in total. The van der Waals surface area contributed by atoms with Crippen LogP contribution in [0, 0.1) is 0 Å². The summed E-state index contributed by atoms with van der Waals surface area (Å²) in [6.07, 6.45) is 1.35. The maximum atomic E-state index is 9.08. The van der Waals surface area contributed by atoms with Gasteiger partial charge < -0.3 is 15.8 Å². The third-order valence-corrected chi connectivity index (χ3v) is 2.04. The molecule has 0 amide bonds. The quantitative estimate of drug-likeness (QED) is 0.663. The van der Waals surface area contributed by atoms with Crippen LogP contribution in [0.3, 0.4) is 0 Å². The summed E-state index contributed by atoms with van der Waals surface area (Å²) >= 11 is 0. The summed E-state index contributed by atoms with van der Waals surface area (Å²) in [4.78, 5) is 6.66. The molecule has 0 aliphatic heterocycles. The molecule has 1 unspecified atom stereocenters. The van der Waals surface area contributed by atoms with Crippen LogP contribution < -0.4 is 5.73 Å². The smallest absolute Gasteiger partial charge is 0.208 e. The minimum atomic E-state index is -0.322. The fraction of sp³-hybridized carbons (Fsp3) is 0.100. The van der Waals surface area contributed by atoms with Gasteiger partial charge in [-0.05, 0) is 5.56 Å². The first-order valence-corrected chi connectivity index (χ1v) is 4.32. The lowest BCUT2D eigenvalue weighted by Crippen LogP contribution is -2.13. The number of hydrogen-bond donors (Lipinski definition) is 3. The first-order valence-electron chi connectivity index (χ1n) is 4.32. The van der Waals surface area contributed by atoms with E-state index < -0.39 is 0 Å². The van der Waals surface area contributed by atoms with Gasteiger partial charge in [0.15, 0.2) is 0 Å². The Bertz CT molecular complexity index is 410. The van der Waals surface area contributed by atoms with Crippen LogP contribution in [0.2, 0.25) is 0 Å². The molecule has 4 heteroatoms. The highest BCUT2D eigenvalue weighted by Crippen LogP contribution is 2.17. The molecule has 0 spiro atoms. The zero-order chi connectivity index (χ0) is 9.97. The van der Waals surface area contributed by atoms with E-state index in [-0.39, 0.29) is 11.9 Å². The summed E-state index contributed by atoms with van der Waals surface area (Å²) in [5.41, 5.74) is 6.88. The second-order valence-electron chi connectivity index (χ2n) is 3.04. The summed E-state index contributed by atoms with van der Waals surface area (Å²) in [6.45, 7) is 0. The van der Waals surface area contributed by atoms with Gasteiger partial charge in [-0.1, -0.05) is 30.3 Å². The van der Waals surface area contributed by atoms with Gasteiger partial charge in [0.25, 0.3) is 0 Å². The number of nitrogens with one attached hydrogen (secondary N) is 1. The molecule has 0 aliphatic rings. The van der Waals surface area contributed by atoms with Crippen LogP contribution in [0.1, 0.15) is 17.4 Å². The maximum Gasteiger partial charge on any atom is 0.208 e. The van der Waals surface area contributed by atoms with Crippen molar-refractivity contribution in [2.45, 2.75) is 6.04 Å².